The highest BCUT2D eigenvalue weighted by Crippen LogP contribution is 2.37. The largest absolute Gasteiger partial charge is 0.497 e. The second-order valence-electron chi connectivity index (χ2n) is 9.59. The van der Waals surface area contributed by atoms with Crippen LogP contribution < -0.4 is 28.7 Å². The van der Waals surface area contributed by atoms with Gasteiger partial charge in [-0.05, 0) is 56.3 Å². The number of amides is 1. The predicted octanol–water partition coefficient (Wildman–Crippen LogP) is 5.78. The molecule has 0 aliphatic carbocycles. The molecule has 0 atom stereocenters. The van der Waals surface area contributed by atoms with E-state index in [0.29, 0.717) is 32.8 Å². The van der Waals surface area contributed by atoms with Crippen molar-refractivity contribution in [2.75, 3.05) is 39.3 Å². The molecule has 45 heavy (non-hydrogen) atoms. The van der Waals surface area contributed by atoms with Gasteiger partial charge >= 0.3 is 0 Å². The molecule has 1 aromatic heterocycles. The van der Waals surface area contributed by atoms with Crippen LogP contribution in [0.1, 0.15) is 17.0 Å². The average molecular weight is 676 g/mol. The predicted molar refractivity (Wildman–Crippen MR) is 175 cm³/mol. The van der Waals surface area contributed by atoms with Crippen LogP contribution in [-0.2, 0) is 14.8 Å². The Morgan fingerprint density at radius 2 is 1.60 bits per heavy atom. The second kappa shape index (κ2) is 14.1. The highest BCUT2D eigenvalue weighted by molar-refractivity contribution is 7.92. The Labute approximate surface area is 271 Å². The summed E-state index contributed by atoms with van der Waals surface area (Å²) < 4.78 is 52.3. The lowest BCUT2D eigenvalue weighted by Gasteiger charge is -2.26. The number of methoxy groups -OCH3 is 4. The zero-order valence-electron chi connectivity index (χ0n) is 25.4. The van der Waals surface area contributed by atoms with Gasteiger partial charge in [0.1, 0.15) is 18.0 Å². The SMILES string of the molecule is COc1ccc(OC)c(N(CC(=O)N/N=C\c2cc(C)n(-c3cccc(Cl)c3Cl)c2C)S(=O)(=O)c2ccc(OC)c(OC)c2)c1. The fourth-order valence-electron chi connectivity index (χ4n) is 4.69. The Kier molecular flexibility index (Phi) is 10.5. The standard InChI is InChI=1S/C31H32Cl2N4O7S/c1-19-14-21(20(2)37(19)25-9-7-8-24(32)31(25)33)17-34-35-30(38)18-36(26-15-22(41-3)10-12-27(26)42-4)45(39,40)23-11-13-28(43-5)29(16-23)44-6/h7-17H,18H2,1-6H3,(H,35,38)/b34-17-. The van der Waals surface area contributed by atoms with Gasteiger partial charge in [0.2, 0.25) is 0 Å². The molecule has 1 N–H and O–H groups in total. The number of hydrazone groups is 1. The van der Waals surface area contributed by atoms with Crippen molar-refractivity contribution in [1.82, 2.24) is 9.99 Å². The van der Waals surface area contributed by atoms with Crippen LogP contribution in [0.4, 0.5) is 5.69 Å². The van der Waals surface area contributed by atoms with Crippen LogP contribution in [0.3, 0.4) is 0 Å². The van der Waals surface area contributed by atoms with Gasteiger partial charge in [-0.25, -0.2) is 13.8 Å². The Balaban J connectivity index is 1.67. The lowest BCUT2D eigenvalue weighted by molar-refractivity contribution is -0.119. The molecule has 0 saturated heterocycles. The van der Waals surface area contributed by atoms with E-state index in [1.807, 2.05) is 30.5 Å². The third-order valence-electron chi connectivity index (χ3n) is 6.92. The van der Waals surface area contributed by atoms with E-state index < -0.39 is 22.5 Å². The fourth-order valence-corrected chi connectivity index (χ4v) is 6.51. The molecule has 0 fully saturated rings. The summed E-state index contributed by atoms with van der Waals surface area (Å²) in [6, 6.07) is 16.0. The Hall–Kier alpha value is -4.39. The minimum absolute atomic E-state index is 0.0766. The van der Waals surface area contributed by atoms with Crippen LogP contribution in [0.15, 0.2) is 70.7 Å². The monoisotopic (exact) mass is 674 g/mol. The van der Waals surface area contributed by atoms with Gasteiger partial charge < -0.3 is 23.5 Å². The number of hydrogen-bond acceptors (Lipinski definition) is 8. The van der Waals surface area contributed by atoms with Crippen molar-refractivity contribution in [2.45, 2.75) is 18.7 Å². The summed E-state index contributed by atoms with van der Waals surface area (Å²) in [6.45, 7) is 3.13. The minimum Gasteiger partial charge on any atom is -0.497 e. The number of aromatic nitrogens is 1. The number of carbonyl (C=O) groups is 1. The van der Waals surface area contributed by atoms with Gasteiger partial charge in [-0.15, -0.1) is 0 Å². The molecule has 1 amide bonds. The number of hydrogen-bond donors (Lipinski definition) is 1. The number of sulfonamides is 1. The third-order valence-corrected chi connectivity index (χ3v) is 9.48. The van der Waals surface area contributed by atoms with Crippen molar-refractivity contribution in [2.24, 2.45) is 5.10 Å². The molecule has 4 rings (SSSR count). The maximum atomic E-state index is 14.1. The van der Waals surface area contributed by atoms with E-state index >= 15 is 0 Å². The Morgan fingerprint density at radius 3 is 2.27 bits per heavy atom. The molecular formula is C31H32Cl2N4O7S. The molecule has 238 valence electrons. The van der Waals surface area contributed by atoms with Crippen LogP contribution >= 0.6 is 23.2 Å². The van der Waals surface area contributed by atoms with Crippen molar-refractivity contribution in [1.29, 1.82) is 0 Å². The summed E-state index contributed by atoms with van der Waals surface area (Å²) in [5.41, 5.74) is 5.57. The molecule has 11 nitrogen and oxygen atoms in total. The zero-order valence-corrected chi connectivity index (χ0v) is 27.7. The van der Waals surface area contributed by atoms with E-state index in [2.05, 4.69) is 10.5 Å². The van der Waals surface area contributed by atoms with Crippen LogP contribution in [0.25, 0.3) is 5.69 Å². The number of halogens is 2. The van der Waals surface area contributed by atoms with E-state index in [9.17, 15) is 13.2 Å². The highest BCUT2D eigenvalue weighted by atomic mass is 35.5. The smallest absolute Gasteiger partial charge is 0.265 e. The van der Waals surface area contributed by atoms with Crippen LogP contribution in [0.5, 0.6) is 23.0 Å². The maximum absolute atomic E-state index is 14.1. The van der Waals surface area contributed by atoms with Gasteiger partial charge in [0.15, 0.2) is 11.5 Å². The number of carbonyl (C=O) groups excluding carboxylic acids is 1. The van der Waals surface area contributed by atoms with Crippen molar-refractivity contribution in [3.05, 3.63) is 87.7 Å². The summed E-state index contributed by atoms with van der Waals surface area (Å²) in [5, 5.41) is 4.93. The van der Waals surface area contributed by atoms with Gasteiger partial charge in [-0.3, -0.25) is 9.10 Å². The molecule has 0 aliphatic heterocycles. The van der Waals surface area contributed by atoms with Gasteiger partial charge in [0.25, 0.3) is 15.9 Å². The number of nitrogens with zero attached hydrogens (tertiary/aromatic N) is 3. The maximum Gasteiger partial charge on any atom is 0.265 e. The van der Waals surface area contributed by atoms with E-state index in [0.717, 1.165) is 15.7 Å². The summed E-state index contributed by atoms with van der Waals surface area (Å²) in [5.74, 6) is 0.370. The van der Waals surface area contributed by atoms with Gasteiger partial charge in [0, 0.05) is 29.1 Å². The first-order valence-electron chi connectivity index (χ1n) is 13.4. The van der Waals surface area contributed by atoms with Crippen molar-refractivity contribution < 1.29 is 32.2 Å². The van der Waals surface area contributed by atoms with Crippen molar-refractivity contribution >= 4 is 51.0 Å². The second-order valence-corrected chi connectivity index (χ2v) is 12.2. The number of nitrogens with one attached hydrogen (secondary N) is 1. The molecule has 4 aromatic rings. The van der Waals surface area contributed by atoms with Gasteiger partial charge in [-0.1, -0.05) is 29.3 Å². The molecule has 1 heterocycles. The Bertz CT molecular complexity index is 1860. The van der Waals surface area contributed by atoms with E-state index in [1.54, 1.807) is 24.3 Å². The molecule has 0 spiro atoms. The first-order valence-corrected chi connectivity index (χ1v) is 15.6. The lowest BCUT2D eigenvalue weighted by Crippen LogP contribution is -2.39. The van der Waals surface area contributed by atoms with E-state index in [4.69, 9.17) is 42.1 Å². The number of aryl methyl sites for hydroxylation is 1. The minimum atomic E-state index is -4.37. The molecular weight excluding hydrogens is 643 g/mol. The summed E-state index contributed by atoms with van der Waals surface area (Å²) >= 11 is 12.7. The number of ether oxygens (including phenoxy) is 4. The number of rotatable bonds is 12. The first-order chi connectivity index (χ1) is 21.5. The molecule has 0 saturated carbocycles. The Morgan fingerprint density at radius 1 is 0.911 bits per heavy atom. The van der Waals surface area contributed by atoms with Crippen LogP contribution in [-0.4, -0.2) is 60.1 Å². The normalized spacial score (nSPS) is 11.4. The molecule has 3 aromatic carbocycles. The summed E-state index contributed by atoms with van der Waals surface area (Å²) in [6.07, 6.45) is 1.47. The number of anilines is 1. The molecule has 0 unspecified atom stereocenters. The first kappa shape index (κ1) is 33.5. The lowest BCUT2D eigenvalue weighted by atomic mass is 10.2. The number of benzene rings is 3. The topological polar surface area (TPSA) is 121 Å². The third kappa shape index (κ3) is 6.98. The van der Waals surface area contributed by atoms with E-state index in [-0.39, 0.29) is 22.1 Å². The van der Waals surface area contributed by atoms with Crippen molar-refractivity contribution in [3.8, 4) is 28.7 Å². The quantitative estimate of drug-likeness (QED) is 0.149. The fraction of sp³-hybridized carbons (Fsp3) is 0.226. The summed E-state index contributed by atoms with van der Waals surface area (Å²) in [4.78, 5) is 13.1. The summed E-state index contributed by atoms with van der Waals surface area (Å²) in [7, 11) is 1.30. The highest BCUT2D eigenvalue weighted by Gasteiger charge is 2.31. The van der Waals surface area contributed by atoms with Gasteiger partial charge in [0.05, 0.1) is 61.0 Å². The van der Waals surface area contributed by atoms with Crippen LogP contribution in [0.2, 0.25) is 10.0 Å². The zero-order chi connectivity index (χ0) is 32.9. The molecule has 0 radical (unpaired) electrons. The van der Waals surface area contributed by atoms with Crippen LogP contribution in [0, 0.1) is 13.8 Å². The average Bonchev–Trinajstić information content (AvgIpc) is 3.32. The molecule has 0 aliphatic rings. The molecule has 0 bridgehead atoms. The van der Waals surface area contributed by atoms with E-state index in [1.165, 1.54) is 58.9 Å². The molecule has 14 heteroatoms. The van der Waals surface area contributed by atoms with Crippen molar-refractivity contribution in [3.63, 3.8) is 0 Å². The van der Waals surface area contributed by atoms with Gasteiger partial charge in [-0.2, -0.15) is 5.10 Å².